The minimum Gasteiger partial charge on any atom is -0.477 e. The number of carboxylic acid groups (broad SMARTS) is 1. The summed E-state index contributed by atoms with van der Waals surface area (Å²) in [5.41, 5.74) is 0.00197. The van der Waals surface area contributed by atoms with Gasteiger partial charge in [0, 0.05) is 24.7 Å². The Morgan fingerprint density at radius 2 is 2.10 bits per heavy atom. The van der Waals surface area contributed by atoms with E-state index in [2.05, 4.69) is 15.4 Å². The van der Waals surface area contributed by atoms with Crippen LogP contribution in [0.4, 0.5) is 11.6 Å². The highest BCUT2D eigenvalue weighted by molar-refractivity contribution is 5.98. The molecule has 0 unspecified atom stereocenters. The summed E-state index contributed by atoms with van der Waals surface area (Å²) in [7, 11) is 1.81. The van der Waals surface area contributed by atoms with Crippen LogP contribution in [0.2, 0.25) is 0 Å². The summed E-state index contributed by atoms with van der Waals surface area (Å²) in [6, 6.07) is 10.8. The second kappa shape index (κ2) is 4.65. The Kier molecular flexibility index (Phi) is 2.83. The van der Waals surface area contributed by atoms with Gasteiger partial charge in [-0.15, -0.1) is 0 Å². The van der Waals surface area contributed by atoms with Crippen molar-refractivity contribution < 1.29 is 9.90 Å². The fourth-order valence-electron chi connectivity index (χ4n) is 2.01. The highest BCUT2D eigenvalue weighted by Crippen LogP contribution is 2.24. The van der Waals surface area contributed by atoms with Crippen LogP contribution >= 0.6 is 0 Å². The molecule has 20 heavy (non-hydrogen) atoms. The molecule has 2 N–H and O–H groups in total. The molecule has 3 rings (SSSR count). The predicted molar refractivity (Wildman–Crippen MR) is 75.2 cm³/mol. The Morgan fingerprint density at radius 3 is 2.80 bits per heavy atom. The van der Waals surface area contributed by atoms with E-state index in [1.54, 1.807) is 23.0 Å². The maximum absolute atomic E-state index is 11.1. The molecule has 6 nitrogen and oxygen atoms in total. The van der Waals surface area contributed by atoms with E-state index in [0.29, 0.717) is 11.6 Å². The van der Waals surface area contributed by atoms with Crippen LogP contribution in [0.1, 0.15) is 10.5 Å². The summed E-state index contributed by atoms with van der Waals surface area (Å²) in [5.74, 6) is 0.0479. The molecule has 0 saturated heterocycles. The molecule has 100 valence electrons. The van der Waals surface area contributed by atoms with E-state index in [1.807, 2.05) is 31.3 Å². The normalized spacial score (nSPS) is 10.7. The summed E-state index contributed by atoms with van der Waals surface area (Å²) in [6.45, 7) is 0. The average molecular weight is 268 g/mol. The SMILES string of the molecule is Cn1ccc(Nc2nc(C(=O)O)cc3ccccc23)n1. The lowest BCUT2D eigenvalue weighted by Crippen LogP contribution is -2.04. The first-order valence-electron chi connectivity index (χ1n) is 6.03. The van der Waals surface area contributed by atoms with Crippen molar-refractivity contribution in [2.75, 3.05) is 5.32 Å². The number of hydrogen-bond acceptors (Lipinski definition) is 4. The van der Waals surface area contributed by atoms with Crippen LogP contribution < -0.4 is 5.32 Å². The molecule has 0 aliphatic rings. The van der Waals surface area contributed by atoms with E-state index < -0.39 is 5.97 Å². The van der Waals surface area contributed by atoms with Crippen molar-refractivity contribution in [2.45, 2.75) is 0 Å². The lowest BCUT2D eigenvalue weighted by Gasteiger charge is -2.08. The van der Waals surface area contributed by atoms with Gasteiger partial charge in [0.25, 0.3) is 0 Å². The van der Waals surface area contributed by atoms with Crippen molar-refractivity contribution in [1.82, 2.24) is 14.8 Å². The highest BCUT2D eigenvalue weighted by Gasteiger charge is 2.11. The van der Waals surface area contributed by atoms with Gasteiger partial charge in [0.15, 0.2) is 11.5 Å². The molecule has 0 spiro atoms. The lowest BCUT2D eigenvalue weighted by molar-refractivity contribution is 0.0691. The Bertz CT molecular complexity index is 795. The van der Waals surface area contributed by atoms with Crippen molar-refractivity contribution in [1.29, 1.82) is 0 Å². The fraction of sp³-hybridized carbons (Fsp3) is 0.0714. The summed E-state index contributed by atoms with van der Waals surface area (Å²) >= 11 is 0. The third-order valence-corrected chi connectivity index (χ3v) is 2.92. The molecule has 0 aliphatic heterocycles. The number of aromatic carboxylic acids is 1. The van der Waals surface area contributed by atoms with E-state index in [0.717, 1.165) is 10.8 Å². The van der Waals surface area contributed by atoms with Crippen LogP contribution in [0.5, 0.6) is 0 Å². The minimum absolute atomic E-state index is 0.00197. The van der Waals surface area contributed by atoms with Gasteiger partial charge in [-0.2, -0.15) is 5.10 Å². The number of carbonyl (C=O) groups is 1. The van der Waals surface area contributed by atoms with Crippen molar-refractivity contribution >= 4 is 28.4 Å². The van der Waals surface area contributed by atoms with Crippen molar-refractivity contribution in [2.24, 2.45) is 7.05 Å². The molecule has 0 amide bonds. The van der Waals surface area contributed by atoms with Crippen molar-refractivity contribution in [3.05, 3.63) is 48.3 Å². The molecular formula is C14H12N4O2. The zero-order valence-electron chi connectivity index (χ0n) is 10.7. The van der Waals surface area contributed by atoms with Gasteiger partial charge in [-0.3, -0.25) is 4.68 Å². The molecule has 0 radical (unpaired) electrons. The number of rotatable bonds is 3. The first-order valence-corrected chi connectivity index (χ1v) is 6.03. The highest BCUT2D eigenvalue weighted by atomic mass is 16.4. The van der Waals surface area contributed by atoms with Crippen LogP contribution in [0.15, 0.2) is 42.6 Å². The lowest BCUT2D eigenvalue weighted by atomic mass is 10.1. The fourth-order valence-corrected chi connectivity index (χ4v) is 2.01. The van der Waals surface area contributed by atoms with E-state index in [-0.39, 0.29) is 5.69 Å². The van der Waals surface area contributed by atoms with Crippen LogP contribution in [0.3, 0.4) is 0 Å². The zero-order chi connectivity index (χ0) is 14.1. The summed E-state index contributed by atoms with van der Waals surface area (Å²) < 4.78 is 1.66. The second-order valence-corrected chi connectivity index (χ2v) is 4.38. The summed E-state index contributed by atoms with van der Waals surface area (Å²) in [5, 5.41) is 18.1. The second-order valence-electron chi connectivity index (χ2n) is 4.38. The van der Waals surface area contributed by atoms with Gasteiger partial charge in [0.2, 0.25) is 0 Å². The molecule has 0 atom stereocenters. The first-order chi connectivity index (χ1) is 9.63. The number of hydrogen-bond donors (Lipinski definition) is 2. The first kappa shape index (κ1) is 12.2. The number of nitrogens with zero attached hydrogens (tertiary/aromatic N) is 3. The van der Waals surface area contributed by atoms with E-state index in [1.165, 1.54) is 0 Å². The van der Waals surface area contributed by atoms with Gasteiger partial charge in [-0.1, -0.05) is 24.3 Å². The number of aryl methyl sites for hydroxylation is 1. The van der Waals surface area contributed by atoms with Gasteiger partial charge in [0.1, 0.15) is 5.82 Å². The van der Waals surface area contributed by atoms with Gasteiger partial charge in [-0.05, 0) is 11.5 Å². The standard InChI is InChI=1S/C14H12N4O2/c1-18-7-6-12(17-18)16-13-10-5-3-2-4-9(10)8-11(15-13)14(19)20/h2-8H,1H3,(H,19,20)(H,15,16,17). The maximum atomic E-state index is 11.1. The molecule has 3 aromatic rings. The zero-order valence-corrected chi connectivity index (χ0v) is 10.7. The summed E-state index contributed by atoms with van der Waals surface area (Å²) in [6.07, 6.45) is 1.80. The molecule has 0 aliphatic carbocycles. The number of pyridine rings is 1. The number of fused-ring (bicyclic) bond motifs is 1. The molecule has 0 fully saturated rings. The molecule has 2 heterocycles. The largest absolute Gasteiger partial charge is 0.477 e. The predicted octanol–water partition coefficient (Wildman–Crippen LogP) is 2.41. The molecule has 0 bridgehead atoms. The van der Waals surface area contributed by atoms with E-state index >= 15 is 0 Å². The smallest absolute Gasteiger partial charge is 0.354 e. The number of aromatic nitrogens is 3. The van der Waals surface area contributed by atoms with Crippen LogP contribution in [-0.2, 0) is 7.05 Å². The van der Waals surface area contributed by atoms with Crippen LogP contribution in [0, 0.1) is 0 Å². The minimum atomic E-state index is -1.06. The number of nitrogens with one attached hydrogen (secondary N) is 1. The molecule has 1 aromatic carbocycles. The Balaban J connectivity index is 2.14. The molecule has 2 aromatic heterocycles. The average Bonchev–Trinajstić information content (AvgIpc) is 2.84. The van der Waals surface area contributed by atoms with E-state index in [4.69, 9.17) is 5.11 Å². The topological polar surface area (TPSA) is 80.0 Å². The summed E-state index contributed by atoms with van der Waals surface area (Å²) in [4.78, 5) is 15.3. The quantitative estimate of drug-likeness (QED) is 0.762. The third kappa shape index (κ3) is 2.18. The van der Waals surface area contributed by atoms with Crippen LogP contribution in [0.25, 0.3) is 10.8 Å². The molecular weight excluding hydrogens is 256 g/mol. The number of carboxylic acids is 1. The Labute approximate surface area is 114 Å². The van der Waals surface area contributed by atoms with Gasteiger partial charge < -0.3 is 10.4 Å². The van der Waals surface area contributed by atoms with Gasteiger partial charge >= 0.3 is 5.97 Å². The number of benzene rings is 1. The van der Waals surface area contributed by atoms with Crippen LogP contribution in [-0.4, -0.2) is 25.8 Å². The molecule has 0 saturated carbocycles. The van der Waals surface area contributed by atoms with Crippen molar-refractivity contribution in [3.63, 3.8) is 0 Å². The maximum Gasteiger partial charge on any atom is 0.354 e. The van der Waals surface area contributed by atoms with Gasteiger partial charge in [-0.25, -0.2) is 9.78 Å². The third-order valence-electron chi connectivity index (χ3n) is 2.92. The number of anilines is 2. The van der Waals surface area contributed by atoms with E-state index in [9.17, 15) is 4.79 Å². The monoisotopic (exact) mass is 268 g/mol. The Hall–Kier alpha value is -2.89. The van der Waals surface area contributed by atoms with Crippen molar-refractivity contribution in [3.8, 4) is 0 Å². The molecule has 6 heteroatoms. The van der Waals surface area contributed by atoms with Gasteiger partial charge in [0.05, 0.1) is 0 Å². The Morgan fingerprint density at radius 1 is 1.30 bits per heavy atom.